The number of carbonyl (C=O) groups excluding carboxylic acids is 1. The van der Waals surface area contributed by atoms with Crippen LogP contribution in [0, 0.1) is 6.92 Å². The van der Waals surface area contributed by atoms with Gasteiger partial charge in [0.1, 0.15) is 0 Å². The predicted octanol–water partition coefficient (Wildman–Crippen LogP) is 4.66. The Bertz CT molecular complexity index is 857. The van der Waals surface area contributed by atoms with Gasteiger partial charge < -0.3 is 4.98 Å². The van der Waals surface area contributed by atoms with Gasteiger partial charge in [0.25, 0.3) is 0 Å². The molecule has 2 nitrogen and oxygen atoms in total. The average Bonchev–Trinajstić information content (AvgIpc) is 2.96. The zero-order valence-electron chi connectivity index (χ0n) is 12.1. The van der Waals surface area contributed by atoms with Crippen LogP contribution >= 0.6 is 0 Å². The summed E-state index contributed by atoms with van der Waals surface area (Å²) in [6.07, 6.45) is 4.66. The van der Waals surface area contributed by atoms with Gasteiger partial charge in [-0.05, 0) is 65.6 Å². The minimum Gasteiger partial charge on any atom is -0.361 e. The number of ketones is 1. The molecule has 2 aromatic carbocycles. The van der Waals surface area contributed by atoms with Gasteiger partial charge in [0.2, 0.25) is 0 Å². The summed E-state index contributed by atoms with van der Waals surface area (Å²) in [4.78, 5) is 15.2. The molecule has 0 unspecified atom stereocenters. The molecule has 3 aromatic rings. The lowest BCUT2D eigenvalue weighted by molar-refractivity contribution is 0.0972. The highest BCUT2D eigenvalue weighted by Crippen LogP contribution is 2.33. The molecule has 1 heterocycles. The molecule has 1 aliphatic carbocycles. The number of nitrogens with one attached hydrogen (secondary N) is 1. The van der Waals surface area contributed by atoms with E-state index in [1.165, 1.54) is 27.6 Å². The third-order valence-corrected chi connectivity index (χ3v) is 4.59. The Kier molecular flexibility index (Phi) is 2.71. The topological polar surface area (TPSA) is 32.9 Å². The predicted molar refractivity (Wildman–Crippen MR) is 85.7 cm³/mol. The normalized spacial score (nSPS) is 14.4. The first-order valence-electron chi connectivity index (χ1n) is 7.47. The van der Waals surface area contributed by atoms with E-state index in [9.17, 15) is 4.79 Å². The number of rotatable bonds is 1. The first kappa shape index (κ1) is 12.4. The van der Waals surface area contributed by atoms with Crippen molar-refractivity contribution in [2.45, 2.75) is 26.2 Å². The summed E-state index contributed by atoms with van der Waals surface area (Å²) >= 11 is 0. The fourth-order valence-electron chi connectivity index (χ4n) is 3.43. The molecule has 0 spiro atoms. The molecule has 104 valence electrons. The summed E-state index contributed by atoms with van der Waals surface area (Å²) in [6, 6.07) is 12.7. The van der Waals surface area contributed by atoms with Crippen LogP contribution in [0.25, 0.3) is 22.0 Å². The van der Waals surface area contributed by atoms with E-state index in [2.05, 4.69) is 42.2 Å². The smallest absolute Gasteiger partial charge is 0.163 e. The molecule has 1 aliphatic rings. The van der Waals surface area contributed by atoms with Crippen LogP contribution in [0.4, 0.5) is 0 Å². The van der Waals surface area contributed by atoms with Gasteiger partial charge in [-0.1, -0.05) is 18.2 Å². The number of aromatic nitrogens is 1. The van der Waals surface area contributed by atoms with Gasteiger partial charge in [0.05, 0.1) is 0 Å². The first-order valence-corrected chi connectivity index (χ1v) is 7.47. The van der Waals surface area contributed by atoms with Crippen molar-refractivity contribution in [1.82, 2.24) is 4.98 Å². The molecule has 0 fully saturated rings. The molecule has 0 atom stereocenters. The van der Waals surface area contributed by atoms with Gasteiger partial charge in [-0.15, -0.1) is 0 Å². The molecule has 2 heteroatoms. The zero-order valence-corrected chi connectivity index (χ0v) is 12.1. The molecule has 0 saturated carbocycles. The molecular formula is C19H17NO. The minimum absolute atomic E-state index is 0.298. The van der Waals surface area contributed by atoms with E-state index in [0.717, 1.165) is 23.9 Å². The number of fused-ring (bicyclic) bond motifs is 2. The number of H-pyrrole nitrogens is 1. The molecule has 1 N–H and O–H groups in total. The van der Waals surface area contributed by atoms with E-state index in [1.54, 1.807) is 0 Å². The van der Waals surface area contributed by atoms with Crippen LogP contribution in [-0.4, -0.2) is 10.8 Å². The molecule has 0 radical (unpaired) electrons. The first-order chi connectivity index (χ1) is 10.2. The standard InChI is InChI=1S/C19H17NO/c1-12-15(6-7-17-16(12)3-2-4-19(17)21)13-5-8-18-14(11-13)9-10-20-18/h5-11,20H,2-4H2,1H3. The number of carbonyl (C=O) groups is 1. The Morgan fingerprint density at radius 3 is 2.76 bits per heavy atom. The van der Waals surface area contributed by atoms with Gasteiger partial charge >= 0.3 is 0 Å². The number of hydrogen-bond acceptors (Lipinski definition) is 1. The summed E-state index contributed by atoms with van der Waals surface area (Å²) in [5, 5.41) is 1.22. The van der Waals surface area contributed by atoms with Gasteiger partial charge in [0.15, 0.2) is 5.78 Å². The van der Waals surface area contributed by atoms with Crippen molar-refractivity contribution in [3.8, 4) is 11.1 Å². The number of aromatic amines is 1. The number of hydrogen-bond donors (Lipinski definition) is 1. The van der Waals surface area contributed by atoms with Crippen LogP contribution in [0.1, 0.15) is 34.3 Å². The van der Waals surface area contributed by atoms with E-state index < -0.39 is 0 Å². The summed E-state index contributed by atoms with van der Waals surface area (Å²) in [6.45, 7) is 2.15. The second-order valence-electron chi connectivity index (χ2n) is 5.82. The van der Waals surface area contributed by atoms with E-state index in [1.807, 2.05) is 12.3 Å². The fourth-order valence-corrected chi connectivity index (χ4v) is 3.43. The number of Topliss-reactive ketones (excluding diaryl/α,β-unsaturated/α-hetero) is 1. The lowest BCUT2D eigenvalue weighted by Crippen LogP contribution is -2.12. The van der Waals surface area contributed by atoms with Crippen molar-refractivity contribution >= 4 is 16.7 Å². The zero-order chi connectivity index (χ0) is 14.4. The second kappa shape index (κ2) is 4.59. The Morgan fingerprint density at radius 1 is 1.00 bits per heavy atom. The maximum Gasteiger partial charge on any atom is 0.163 e. The fraction of sp³-hybridized carbons (Fsp3) is 0.211. The highest BCUT2D eigenvalue weighted by atomic mass is 16.1. The Labute approximate surface area is 123 Å². The van der Waals surface area contributed by atoms with Crippen molar-refractivity contribution in [2.24, 2.45) is 0 Å². The van der Waals surface area contributed by atoms with E-state index in [4.69, 9.17) is 0 Å². The molecule has 0 saturated heterocycles. The van der Waals surface area contributed by atoms with Crippen LogP contribution in [0.5, 0.6) is 0 Å². The summed E-state index contributed by atoms with van der Waals surface area (Å²) in [5.74, 6) is 0.298. The maximum atomic E-state index is 12.0. The van der Waals surface area contributed by atoms with Crippen LogP contribution < -0.4 is 0 Å². The van der Waals surface area contributed by atoms with Crippen LogP contribution in [0.3, 0.4) is 0 Å². The molecule has 0 bridgehead atoms. The highest BCUT2D eigenvalue weighted by Gasteiger charge is 2.20. The Morgan fingerprint density at radius 2 is 1.86 bits per heavy atom. The van der Waals surface area contributed by atoms with Gasteiger partial charge in [-0.3, -0.25) is 4.79 Å². The quantitative estimate of drug-likeness (QED) is 0.688. The summed E-state index contributed by atoms with van der Waals surface area (Å²) in [7, 11) is 0. The maximum absolute atomic E-state index is 12.0. The Balaban J connectivity index is 1.90. The monoisotopic (exact) mass is 275 g/mol. The largest absolute Gasteiger partial charge is 0.361 e. The number of benzene rings is 2. The Hall–Kier alpha value is -2.35. The van der Waals surface area contributed by atoms with Gasteiger partial charge in [-0.2, -0.15) is 0 Å². The lowest BCUT2D eigenvalue weighted by atomic mass is 9.84. The molecular weight excluding hydrogens is 258 g/mol. The molecule has 0 amide bonds. The lowest BCUT2D eigenvalue weighted by Gasteiger charge is -2.19. The van der Waals surface area contributed by atoms with E-state index in [-0.39, 0.29) is 0 Å². The summed E-state index contributed by atoms with van der Waals surface area (Å²) in [5.41, 5.74) is 7.06. The van der Waals surface area contributed by atoms with Crippen LogP contribution in [0.15, 0.2) is 42.6 Å². The SMILES string of the molecule is Cc1c(-c2ccc3[nH]ccc3c2)ccc2c1CCCC2=O. The van der Waals surface area contributed by atoms with Gasteiger partial charge in [0, 0.05) is 23.7 Å². The van der Waals surface area contributed by atoms with Crippen molar-refractivity contribution in [3.63, 3.8) is 0 Å². The van der Waals surface area contributed by atoms with Crippen LogP contribution in [0.2, 0.25) is 0 Å². The third-order valence-electron chi connectivity index (χ3n) is 4.59. The van der Waals surface area contributed by atoms with E-state index in [0.29, 0.717) is 12.2 Å². The highest BCUT2D eigenvalue weighted by molar-refractivity contribution is 5.99. The average molecular weight is 275 g/mol. The van der Waals surface area contributed by atoms with Crippen molar-refractivity contribution < 1.29 is 4.79 Å². The van der Waals surface area contributed by atoms with Crippen molar-refractivity contribution in [2.75, 3.05) is 0 Å². The molecule has 4 rings (SSSR count). The second-order valence-corrected chi connectivity index (χ2v) is 5.82. The molecule has 1 aromatic heterocycles. The van der Waals surface area contributed by atoms with Crippen molar-refractivity contribution in [1.29, 1.82) is 0 Å². The van der Waals surface area contributed by atoms with Gasteiger partial charge in [-0.25, -0.2) is 0 Å². The third kappa shape index (κ3) is 1.90. The molecule has 21 heavy (non-hydrogen) atoms. The van der Waals surface area contributed by atoms with Crippen LogP contribution in [-0.2, 0) is 6.42 Å². The minimum atomic E-state index is 0.298. The van der Waals surface area contributed by atoms with E-state index >= 15 is 0 Å². The van der Waals surface area contributed by atoms with Crippen molar-refractivity contribution in [3.05, 3.63) is 59.3 Å². The molecule has 0 aliphatic heterocycles. The summed E-state index contributed by atoms with van der Waals surface area (Å²) < 4.78 is 0.